The Labute approximate surface area is 173 Å². The predicted molar refractivity (Wildman–Crippen MR) is 116 cm³/mol. The molecule has 4 rings (SSSR count). The highest BCUT2D eigenvalue weighted by Crippen LogP contribution is 2.49. The van der Waals surface area contributed by atoms with Gasteiger partial charge in [-0.3, -0.25) is 0 Å². The molecule has 1 aromatic heterocycles. The maximum absolute atomic E-state index is 6.89. The molecule has 1 fully saturated rings. The fourth-order valence-corrected chi connectivity index (χ4v) is 4.69. The van der Waals surface area contributed by atoms with Crippen molar-refractivity contribution >= 4 is 0 Å². The number of aromatic nitrogens is 2. The fraction of sp³-hybridized carbons (Fsp3) is 0.440. The van der Waals surface area contributed by atoms with Gasteiger partial charge < -0.3 is 10.3 Å². The zero-order chi connectivity index (χ0) is 20.5. The van der Waals surface area contributed by atoms with Crippen LogP contribution in [0, 0.1) is 18.3 Å². The minimum Gasteiger partial charge on any atom is -0.339 e. The van der Waals surface area contributed by atoms with Gasteiger partial charge in [0.15, 0.2) is 0 Å². The lowest BCUT2D eigenvalue weighted by atomic mass is 9.59. The molecular weight excluding hydrogens is 358 g/mol. The molecule has 29 heavy (non-hydrogen) atoms. The molecule has 4 nitrogen and oxygen atoms in total. The number of aryl methyl sites for hydroxylation is 1. The summed E-state index contributed by atoms with van der Waals surface area (Å²) in [6.45, 7) is 6.61. The first-order valence-electron chi connectivity index (χ1n) is 10.6. The van der Waals surface area contributed by atoms with E-state index in [-0.39, 0.29) is 11.0 Å². The Bertz CT molecular complexity index is 953. The molecule has 0 bridgehead atoms. The monoisotopic (exact) mass is 389 g/mol. The van der Waals surface area contributed by atoms with Gasteiger partial charge in [0.05, 0.1) is 0 Å². The van der Waals surface area contributed by atoms with Crippen LogP contribution in [0.25, 0.3) is 11.4 Å². The van der Waals surface area contributed by atoms with E-state index in [0.29, 0.717) is 11.7 Å². The van der Waals surface area contributed by atoms with Crippen LogP contribution in [0.5, 0.6) is 0 Å². The molecule has 1 heterocycles. The zero-order valence-electron chi connectivity index (χ0n) is 17.7. The second kappa shape index (κ2) is 7.75. The molecule has 4 heteroatoms. The highest BCUT2D eigenvalue weighted by atomic mass is 16.5. The van der Waals surface area contributed by atoms with Crippen molar-refractivity contribution in [3.63, 3.8) is 0 Å². The van der Waals surface area contributed by atoms with Crippen LogP contribution < -0.4 is 5.73 Å². The summed E-state index contributed by atoms with van der Waals surface area (Å²) in [5.41, 5.74) is 10.1. The molecule has 0 spiro atoms. The van der Waals surface area contributed by atoms with Crippen LogP contribution >= 0.6 is 0 Å². The first-order valence-corrected chi connectivity index (χ1v) is 10.6. The lowest BCUT2D eigenvalue weighted by molar-refractivity contribution is 0.0730. The van der Waals surface area contributed by atoms with Gasteiger partial charge >= 0.3 is 0 Å². The van der Waals surface area contributed by atoms with Crippen molar-refractivity contribution in [1.29, 1.82) is 0 Å². The third-order valence-corrected chi connectivity index (χ3v) is 7.15. The summed E-state index contributed by atoms with van der Waals surface area (Å²) in [5, 5.41) is 4.21. The molecule has 1 aliphatic rings. The van der Waals surface area contributed by atoms with Gasteiger partial charge in [-0.15, -0.1) is 0 Å². The van der Waals surface area contributed by atoms with Gasteiger partial charge in [-0.05, 0) is 62.0 Å². The third-order valence-electron chi connectivity index (χ3n) is 7.15. The molecule has 1 unspecified atom stereocenters. The minimum absolute atomic E-state index is 0.0893. The number of benzene rings is 2. The molecule has 2 aromatic carbocycles. The Morgan fingerprint density at radius 1 is 1.07 bits per heavy atom. The van der Waals surface area contributed by atoms with Crippen molar-refractivity contribution in [3.05, 3.63) is 71.6 Å². The average Bonchev–Trinajstić information content (AvgIpc) is 3.19. The van der Waals surface area contributed by atoms with E-state index in [1.807, 2.05) is 18.2 Å². The molecule has 2 N–H and O–H groups in total. The Hall–Kier alpha value is -2.46. The highest BCUT2D eigenvalue weighted by Gasteiger charge is 2.45. The molecular formula is C25H31N3O. The van der Waals surface area contributed by atoms with Gasteiger partial charge in [0.2, 0.25) is 11.7 Å². The van der Waals surface area contributed by atoms with Gasteiger partial charge in [0, 0.05) is 17.5 Å². The van der Waals surface area contributed by atoms with Crippen molar-refractivity contribution in [3.8, 4) is 11.4 Å². The van der Waals surface area contributed by atoms with Gasteiger partial charge in [-0.25, -0.2) is 0 Å². The zero-order valence-corrected chi connectivity index (χ0v) is 17.7. The Balaban J connectivity index is 1.41. The summed E-state index contributed by atoms with van der Waals surface area (Å²) in [4.78, 5) is 4.67. The van der Waals surface area contributed by atoms with Gasteiger partial charge in [0.1, 0.15) is 0 Å². The molecule has 1 saturated carbocycles. The molecule has 152 valence electrons. The number of hydrogen-bond acceptors (Lipinski definition) is 4. The predicted octanol–water partition coefficient (Wildman–Crippen LogP) is 5.66. The lowest BCUT2D eigenvalue weighted by Gasteiger charge is -2.48. The quantitative estimate of drug-likeness (QED) is 0.611. The molecule has 1 atom stereocenters. The van der Waals surface area contributed by atoms with Crippen LogP contribution in [0.2, 0.25) is 0 Å². The first-order chi connectivity index (χ1) is 13.9. The van der Waals surface area contributed by atoms with Crippen molar-refractivity contribution in [1.82, 2.24) is 10.1 Å². The maximum atomic E-state index is 6.89. The lowest BCUT2D eigenvalue weighted by Crippen LogP contribution is -2.50. The van der Waals surface area contributed by atoms with E-state index < -0.39 is 0 Å². The van der Waals surface area contributed by atoms with Crippen LogP contribution in [0.3, 0.4) is 0 Å². The molecule has 0 saturated heterocycles. The van der Waals surface area contributed by atoms with Crippen molar-refractivity contribution < 1.29 is 4.52 Å². The summed E-state index contributed by atoms with van der Waals surface area (Å²) in [6, 6.07) is 18.7. The maximum Gasteiger partial charge on any atom is 0.227 e. The average molecular weight is 390 g/mol. The molecule has 3 aromatic rings. The second-order valence-electron chi connectivity index (χ2n) is 9.10. The standard InChI is InChI=1S/C25H31N3O/c1-18-9-7-8-12-21(18)23-27-22(29-28-23)17-19-13-15-24(2,16-14-19)25(3,26)20-10-5-4-6-11-20/h4-12,19H,13-17,26H2,1-3H3. The Morgan fingerprint density at radius 2 is 1.72 bits per heavy atom. The third kappa shape index (κ3) is 3.86. The topological polar surface area (TPSA) is 64.9 Å². The molecule has 0 aliphatic heterocycles. The number of nitrogens with two attached hydrogens (primary N) is 1. The van der Waals surface area contributed by atoms with E-state index in [1.54, 1.807) is 0 Å². The first kappa shape index (κ1) is 19.8. The second-order valence-corrected chi connectivity index (χ2v) is 9.10. The van der Waals surface area contributed by atoms with E-state index in [1.165, 1.54) is 5.56 Å². The van der Waals surface area contributed by atoms with Crippen LogP contribution in [0.1, 0.15) is 56.5 Å². The molecule has 1 aliphatic carbocycles. The summed E-state index contributed by atoms with van der Waals surface area (Å²) >= 11 is 0. The summed E-state index contributed by atoms with van der Waals surface area (Å²) in [6.07, 6.45) is 5.34. The largest absolute Gasteiger partial charge is 0.339 e. The molecule has 0 amide bonds. The van der Waals surface area contributed by atoms with Crippen LogP contribution in [0.4, 0.5) is 0 Å². The normalized spacial score (nSPS) is 24.2. The fourth-order valence-electron chi connectivity index (χ4n) is 4.69. The van der Waals surface area contributed by atoms with Crippen LogP contribution in [-0.2, 0) is 12.0 Å². The summed E-state index contributed by atoms with van der Waals surface area (Å²) in [7, 11) is 0. The van der Waals surface area contributed by atoms with Gasteiger partial charge in [0.25, 0.3) is 0 Å². The van der Waals surface area contributed by atoms with E-state index in [0.717, 1.165) is 49.1 Å². The minimum atomic E-state index is -0.332. The number of rotatable bonds is 5. The Morgan fingerprint density at radius 3 is 2.41 bits per heavy atom. The van der Waals surface area contributed by atoms with Gasteiger partial charge in [-0.1, -0.05) is 66.7 Å². The number of nitrogens with zero attached hydrogens (tertiary/aromatic N) is 2. The summed E-state index contributed by atoms with van der Waals surface area (Å²) in [5.74, 6) is 2.01. The van der Waals surface area contributed by atoms with E-state index >= 15 is 0 Å². The van der Waals surface area contributed by atoms with Crippen LogP contribution in [-0.4, -0.2) is 10.1 Å². The SMILES string of the molecule is Cc1ccccc1-c1noc(CC2CCC(C)(C(C)(N)c3ccccc3)CC2)n1. The van der Waals surface area contributed by atoms with Gasteiger partial charge in [-0.2, -0.15) is 4.98 Å². The summed E-state index contributed by atoms with van der Waals surface area (Å²) < 4.78 is 5.58. The number of hydrogen-bond donors (Lipinski definition) is 1. The van der Waals surface area contributed by atoms with Crippen molar-refractivity contribution in [2.75, 3.05) is 0 Å². The highest BCUT2D eigenvalue weighted by molar-refractivity contribution is 5.58. The Kier molecular flexibility index (Phi) is 5.30. The van der Waals surface area contributed by atoms with E-state index in [2.05, 4.69) is 67.3 Å². The van der Waals surface area contributed by atoms with Crippen LogP contribution in [0.15, 0.2) is 59.1 Å². The van der Waals surface area contributed by atoms with E-state index in [4.69, 9.17) is 10.3 Å². The van der Waals surface area contributed by atoms with Crippen molar-refractivity contribution in [2.24, 2.45) is 17.1 Å². The smallest absolute Gasteiger partial charge is 0.227 e. The molecule has 0 radical (unpaired) electrons. The van der Waals surface area contributed by atoms with Crippen molar-refractivity contribution in [2.45, 2.75) is 58.4 Å². The van der Waals surface area contributed by atoms with E-state index in [9.17, 15) is 0 Å².